The topological polar surface area (TPSA) is 9.23 Å². The second-order valence-corrected chi connectivity index (χ2v) is 8.75. The van der Waals surface area contributed by atoms with Crippen LogP contribution in [0.5, 0.6) is 0 Å². The number of rotatable bonds is 4. The van der Waals surface area contributed by atoms with Crippen LogP contribution in [0.1, 0.15) is 70.2 Å². The fraction of sp³-hybridized carbons (Fsp3) is 0.440. The van der Waals surface area contributed by atoms with Crippen LogP contribution in [0.25, 0.3) is 11.6 Å². The first-order chi connectivity index (χ1) is 12.3. The predicted molar refractivity (Wildman–Crippen MR) is 113 cm³/mol. The Bertz CT molecular complexity index is 796. The summed E-state index contributed by atoms with van der Waals surface area (Å²) in [4.78, 5) is 0. The lowest BCUT2D eigenvalue weighted by atomic mass is 9.61. The first-order valence-electron chi connectivity index (χ1n) is 9.76. The molecule has 3 rings (SSSR count). The van der Waals surface area contributed by atoms with Crippen molar-refractivity contribution >= 4 is 11.6 Å². The second kappa shape index (κ2) is 7.04. The summed E-state index contributed by atoms with van der Waals surface area (Å²) in [7, 11) is 0. The Morgan fingerprint density at radius 2 is 1.73 bits per heavy atom. The van der Waals surface area contributed by atoms with E-state index in [4.69, 9.17) is 4.74 Å². The summed E-state index contributed by atoms with van der Waals surface area (Å²) in [5, 5.41) is 0. The molecule has 1 unspecified atom stereocenters. The number of hydrogen-bond donors (Lipinski definition) is 0. The smallest absolute Gasteiger partial charge is 0.0674 e. The van der Waals surface area contributed by atoms with Gasteiger partial charge in [-0.15, -0.1) is 0 Å². The van der Waals surface area contributed by atoms with Crippen LogP contribution in [0.3, 0.4) is 0 Å². The molecular weight excluding hydrogens is 316 g/mol. The third-order valence-electron chi connectivity index (χ3n) is 5.95. The SMILES string of the molecule is CCOC1CC(C)(C)c2ccc(C(C)=Cc3ccccc3)cc2C1(C)C. The number of benzene rings is 2. The molecule has 1 nitrogen and oxygen atoms in total. The summed E-state index contributed by atoms with van der Waals surface area (Å²) >= 11 is 0. The maximum atomic E-state index is 6.17. The Labute approximate surface area is 159 Å². The van der Waals surface area contributed by atoms with Crippen LogP contribution >= 0.6 is 0 Å². The Kier molecular flexibility index (Phi) is 5.12. The molecule has 26 heavy (non-hydrogen) atoms. The van der Waals surface area contributed by atoms with Crippen molar-refractivity contribution in [2.24, 2.45) is 0 Å². The summed E-state index contributed by atoms with van der Waals surface area (Å²) in [5.74, 6) is 0. The Hall–Kier alpha value is -1.86. The van der Waals surface area contributed by atoms with Gasteiger partial charge in [-0.3, -0.25) is 0 Å². The molecule has 0 aliphatic heterocycles. The van der Waals surface area contributed by atoms with Crippen LogP contribution in [-0.4, -0.2) is 12.7 Å². The highest BCUT2D eigenvalue weighted by Gasteiger charge is 2.44. The van der Waals surface area contributed by atoms with Crippen LogP contribution in [0.4, 0.5) is 0 Å². The van der Waals surface area contributed by atoms with E-state index < -0.39 is 0 Å². The van der Waals surface area contributed by atoms with E-state index in [9.17, 15) is 0 Å². The van der Waals surface area contributed by atoms with E-state index >= 15 is 0 Å². The molecule has 0 saturated carbocycles. The number of hydrogen-bond acceptors (Lipinski definition) is 1. The molecule has 138 valence electrons. The zero-order chi connectivity index (χ0) is 18.9. The highest BCUT2D eigenvalue weighted by molar-refractivity contribution is 5.80. The largest absolute Gasteiger partial charge is 0.378 e. The highest BCUT2D eigenvalue weighted by atomic mass is 16.5. The standard InChI is InChI=1S/C25H32O/c1-7-26-23-17-24(3,4)21-14-13-20(16-22(21)25(23,5)6)18(2)15-19-11-9-8-10-12-19/h8-16,23H,7,17H2,1-6H3. The lowest BCUT2D eigenvalue weighted by Crippen LogP contribution is -2.46. The summed E-state index contributed by atoms with van der Waals surface area (Å²) in [5.41, 5.74) is 6.90. The van der Waals surface area contributed by atoms with Gasteiger partial charge in [0.2, 0.25) is 0 Å². The summed E-state index contributed by atoms with van der Waals surface area (Å²) < 4.78 is 6.17. The van der Waals surface area contributed by atoms with Gasteiger partial charge < -0.3 is 4.74 Å². The molecule has 0 radical (unpaired) electrons. The molecule has 1 aliphatic rings. The summed E-state index contributed by atoms with van der Waals surface area (Å²) in [6.45, 7) is 14.4. The van der Waals surface area contributed by atoms with Gasteiger partial charge in [0.1, 0.15) is 0 Å². The van der Waals surface area contributed by atoms with Crippen LogP contribution in [0.2, 0.25) is 0 Å². The van der Waals surface area contributed by atoms with E-state index in [0.717, 1.165) is 13.0 Å². The molecule has 0 N–H and O–H groups in total. The van der Waals surface area contributed by atoms with E-state index in [0.29, 0.717) is 0 Å². The lowest BCUT2D eigenvalue weighted by Gasteiger charge is -2.47. The van der Waals surface area contributed by atoms with E-state index in [1.807, 2.05) is 0 Å². The van der Waals surface area contributed by atoms with Gasteiger partial charge in [0.25, 0.3) is 0 Å². The van der Waals surface area contributed by atoms with Gasteiger partial charge in [0.05, 0.1) is 6.10 Å². The molecule has 2 aromatic carbocycles. The van der Waals surface area contributed by atoms with Gasteiger partial charge in [0, 0.05) is 12.0 Å². The molecular formula is C25H32O. The average Bonchev–Trinajstić information content (AvgIpc) is 2.60. The minimum absolute atomic E-state index is 0.0178. The molecule has 0 heterocycles. The third kappa shape index (κ3) is 3.50. The van der Waals surface area contributed by atoms with Gasteiger partial charge in [-0.05, 0) is 53.5 Å². The van der Waals surface area contributed by atoms with Gasteiger partial charge in [-0.25, -0.2) is 0 Å². The van der Waals surface area contributed by atoms with Crippen molar-refractivity contribution in [3.05, 3.63) is 70.8 Å². The number of fused-ring (bicyclic) bond motifs is 1. The molecule has 0 amide bonds. The van der Waals surface area contributed by atoms with E-state index in [1.165, 1.54) is 27.8 Å². The van der Waals surface area contributed by atoms with Crippen molar-refractivity contribution in [2.45, 2.75) is 64.9 Å². The second-order valence-electron chi connectivity index (χ2n) is 8.75. The van der Waals surface area contributed by atoms with Crippen molar-refractivity contribution in [1.82, 2.24) is 0 Å². The number of ether oxygens (including phenoxy) is 1. The maximum absolute atomic E-state index is 6.17. The van der Waals surface area contributed by atoms with Gasteiger partial charge in [-0.1, -0.05) is 82.3 Å². The predicted octanol–water partition coefficient (Wildman–Crippen LogP) is 6.61. The first kappa shape index (κ1) is 18.9. The molecule has 0 fully saturated rings. The van der Waals surface area contributed by atoms with Crippen molar-refractivity contribution in [3.63, 3.8) is 0 Å². The van der Waals surface area contributed by atoms with Gasteiger partial charge in [0.15, 0.2) is 0 Å². The van der Waals surface area contributed by atoms with Crippen molar-refractivity contribution in [1.29, 1.82) is 0 Å². The zero-order valence-electron chi connectivity index (χ0n) is 17.1. The Balaban J connectivity index is 2.06. The average molecular weight is 349 g/mol. The monoisotopic (exact) mass is 348 g/mol. The fourth-order valence-corrected chi connectivity index (χ4v) is 4.27. The molecule has 0 saturated heterocycles. The maximum Gasteiger partial charge on any atom is 0.0674 e. The fourth-order valence-electron chi connectivity index (χ4n) is 4.27. The van der Waals surface area contributed by atoms with Crippen molar-refractivity contribution < 1.29 is 4.74 Å². The van der Waals surface area contributed by atoms with Gasteiger partial charge >= 0.3 is 0 Å². The van der Waals surface area contributed by atoms with Crippen LogP contribution < -0.4 is 0 Å². The van der Waals surface area contributed by atoms with E-state index in [-0.39, 0.29) is 16.9 Å². The zero-order valence-corrected chi connectivity index (χ0v) is 17.1. The molecule has 0 bridgehead atoms. The van der Waals surface area contributed by atoms with Crippen LogP contribution in [0, 0.1) is 0 Å². The van der Waals surface area contributed by atoms with Crippen molar-refractivity contribution in [2.75, 3.05) is 6.61 Å². The minimum atomic E-state index is 0.0178. The molecule has 1 atom stereocenters. The van der Waals surface area contributed by atoms with Crippen LogP contribution in [0.15, 0.2) is 48.5 Å². The third-order valence-corrected chi connectivity index (χ3v) is 5.95. The summed E-state index contributed by atoms with van der Waals surface area (Å²) in [6.07, 6.45) is 3.59. The lowest BCUT2D eigenvalue weighted by molar-refractivity contribution is -0.0125. The number of allylic oxidation sites excluding steroid dienone is 1. The normalized spacial score (nSPS) is 21.3. The molecule has 1 aliphatic carbocycles. The van der Waals surface area contributed by atoms with Gasteiger partial charge in [-0.2, -0.15) is 0 Å². The van der Waals surface area contributed by atoms with E-state index in [2.05, 4.69) is 96.1 Å². The highest BCUT2D eigenvalue weighted by Crippen LogP contribution is 2.47. The molecule has 0 aromatic heterocycles. The molecule has 0 spiro atoms. The Morgan fingerprint density at radius 1 is 1.04 bits per heavy atom. The van der Waals surface area contributed by atoms with Crippen molar-refractivity contribution in [3.8, 4) is 0 Å². The quantitative estimate of drug-likeness (QED) is 0.565. The summed E-state index contributed by atoms with van der Waals surface area (Å²) in [6, 6.07) is 17.6. The Morgan fingerprint density at radius 3 is 2.38 bits per heavy atom. The molecule has 1 heteroatoms. The molecule has 2 aromatic rings. The minimum Gasteiger partial charge on any atom is -0.378 e. The first-order valence-corrected chi connectivity index (χ1v) is 9.76. The van der Waals surface area contributed by atoms with E-state index in [1.54, 1.807) is 0 Å². The van der Waals surface area contributed by atoms with Crippen LogP contribution in [-0.2, 0) is 15.6 Å².